The number of aromatic nitrogens is 3. The molecular formula is C74H49N3O. The number of furan rings is 1. The summed E-state index contributed by atoms with van der Waals surface area (Å²) in [5, 5.41) is 6.89. The van der Waals surface area contributed by atoms with Crippen molar-refractivity contribution in [3.05, 3.63) is 271 Å². The molecule has 14 aromatic rings. The number of para-hydroxylation sites is 3. The van der Waals surface area contributed by atoms with E-state index in [9.17, 15) is 0 Å². The predicted molar refractivity (Wildman–Crippen MR) is 323 cm³/mol. The highest BCUT2D eigenvalue weighted by molar-refractivity contribution is 6.12. The Morgan fingerprint density at radius 1 is 0.423 bits per heavy atom. The van der Waals surface area contributed by atoms with Crippen LogP contribution in [0.1, 0.15) is 42.4 Å². The van der Waals surface area contributed by atoms with Gasteiger partial charge in [-0.15, -0.1) is 0 Å². The minimum atomic E-state index is 0.0353. The zero-order valence-electron chi connectivity index (χ0n) is 43.1. The van der Waals surface area contributed by atoms with Crippen LogP contribution in [0, 0.1) is 0 Å². The molecule has 2 unspecified atom stereocenters. The van der Waals surface area contributed by atoms with Crippen molar-refractivity contribution in [3.8, 4) is 67.0 Å². The molecule has 3 aliphatic rings. The summed E-state index contributed by atoms with van der Waals surface area (Å²) in [4.78, 5) is 4.90. The Hall–Kier alpha value is -9.77. The maximum Gasteiger partial charge on any atom is 0.227 e. The first-order chi connectivity index (χ1) is 38.4. The fraction of sp³-hybridized carbons (Fsp3) is 0.0676. The lowest BCUT2D eigenvalue weighted by atomic mass is 9.68. The van der Waals surface area contributed by atoms with Gasteiger partial charge in [-0.1, -0.05) is 189 Å². The van der Waals surface area contributed by atoms with E-state index < -0.39 is 0 Å². The average Bonchev–Trinajstić information content (AvgIpc) is 4.40. The Balaban J connectivity index is 0.681. The number of rotatable bonds is 6. The predicted octanol–water partition coefficient (Wildman–Crippen LogP) is 19.5. The van der Waals surface area contributed by atoms with Gasteiger partial charge in [0.05, 0.1) is 39.3 Å². The van der Waals surface area contributed by atoms with Crippen molar-refractivity contribution >= 4 is 65.7 Å². The molecule has 17 rings (SSSR count). The Labute approximate surface area is 451 Å². The molecule has 4 heteroatoms. The Bertz CT molecular complexity index is 4900. The molecular weight excluding hydrogens is 947 g/mol. The minimum absolute atomic E-state index is 0.0353. The summed E-state index contributed by atoms with van der Waals surface area (Å²) in [7, 11) is 0. The largest absolute Gasteiger partial charge is 0.438 e. The summed E-state index contributed by atoms with van der Waals surface area (Å²) >= 11 is 0. The quantitative estimate of drug-likeness (QED) is 0.166. The lowest BCUT2D eigenvalue weighted by Crippen LogP contribution is -2.21. The van der Waals surface area contributed by atoms with Crippen molar-refractivity contribution in [2.24, 2.45) is 0 Å². The summed E-state index contributed by atoms with van der Waals surface area (Å²) in [6, 6.07) is 82.9. The van der Waals surface area contributed by atoms with Gasteiger partial charge in [0, 0.05) is 49.9 Å². The number of nitrogens with zero attached hydrogens (tertiary/aromatic N) is 3. The van der Waals surface area contributed by atoms with Gasteiger partial charge in [-0.2, -0.15) is 0 Å². The molecule has 0 saturated heterocycles. The standard InChI is InChI=1S/C74H49N3O/c1-74(2)64-22-11-20-58-54-34-31-51(39-60(54)59-21-12-23-65(74)72(59)71(58)64)49-16-10-15-48(38-49)47-14-9-13-46(37-47)44-27-29-45(30-28-44)50-32-35-69-61(40-50)57-19-5-8-26-68(57)76(69)52-33-36-70-62(41-52)63-42-53(43-75-73(63)78-70)77-66-24-6-3-17-55(66)56-18-4-7-25-67(56)77/h3-43,59,72H,1-2H3. The van der Waals surface area contributed by atoms with Gasteiger partial charge in [-0.25, -0.2) is 4.98 Å². The zero-order chi connectivity index (χ0) is 51.4. The molecule has 0 spiro atoms. The van der Waals surface area contributed by atoms with Crippen LogP contribution in [-0.2, 0) is 5.41 Å². The highest BCUT2D eigenvalue weighted by Crippen LogP contribution is 2.63. The van der Waals surface area contributed by atoms with Gasteiger partial charge in [-0.3, -0.25) is 0 Å². The number of hydrogen-bond acceptors (Lipinski definition) is 2. The summed E-state index contributed by atoms with van der Waals surface area (Å²) in [6.45, 7) is 4.81. The van der Waals surface area contributed by atoms with E-state index in [2.05, 4.69) is 266 Å². The number of hydrogen-bond donors (Lipinski definition) is 0. The molecule has 10 aromatic carbocycles. The van der Waals surface area contributed by atoms with E-state index in [0.717, 1.165) is 49.8 Å². The van der Waals surface area contributed by atoms with Crippen LogP contribution in [0.2, 0.25) is 0 Å². The van der Waals surface area contributed by atoms with Crippen LogP contribution < -0.4 is 0 Å². The van der Waals surface area contributed by atoms with E-state index in [1.54, 1.807) is 11.1 Å². The average molecular weight is 996 g/mol. The normalized spacial score (nSPS) is 15.9. The van der Waals surface area contributed by atoms with E-state index in [1.165, 1.54) is 88.3 Å². The third kappa shape index (κ3) is 6.20. The Morgan fingerprint density at radius 3 is 1.67 bits per heavy atom. The fourth-order valence-electron chi connectivity index (χ4n) is 14.1. The SMILES string of the molecule is CC1(C)C2=CC=CC3c4cc(-c5cccc(-c6cccc(-c7ccc(-c8ccc9c(c8)c8ccccc8n9-c8ccc9oc%10ncc(-n%11c%12ccccc%12c%12ccccc%12%11)cc%10c9c8)cc7)c6)c5)ccc4-c4cccc1c4C23. The van der Waals surface area contributed by atoms with E-state index in [4.69, 9.17) is 9.40 Å². The maximum atomic E-state index is 6.40. The van der Waals surface area contributed by atoms with Crippen LogP contribution in [-0.4, -0.2) is 14.1 Å². The third-order valence-corrected chi connectivity index (χ3v) is 17.8. The number of pyridine rings is 1. The molecule has 0 fully saturated rings. The van der Waals surface area contributed by atoms with Gasteiger partial charge < -0.3 is 13.6 Å². The molecule has 4 aromatic heterocycles. The molecule has 78 heavy (non-hydrogen) atoms. The number of benzene rings is 10. The summed E-state index contributed by atoms with van der Waals surface area (Å²) in [5.41, 5.74) is 26.6. The zero-order valence-corrected chi connectivity index (χ0v) is 43.1. The first kappa shape index (κ1) is 43.5. The van der Waals surface area contributed by atoms with Crippen molar-refractivity contribution in [1.29, 1.82) is 0 Å². The van der Waals surface area contributed by atoms with Crippen molar-refractivity contribution in [2.75, 3.05) is 0 Å². The lowest BCUT2D eigenvalue weighted by Gasteiger charge is -2.35. The van der Waals surface area contributed by atoms with Gasteiger partial charge >= 0.3 is 0 Å². The van der Waals surface area contributed by atoms with E-state index in [-0.39, 0.29) is 5.41 Å². The minimum Gasteiger partial charge on any atom is -0.438 e. The molecule has 0 radical (unpaired) electrons. The first-order valence-electron chi connectivity index (χ1n) is 27.2. The molecule has 0 bridgehead atoms. The number of allylic oxidation sites excluding steroid dienone is 4. The second kappa shape index (κ2) is 16.1. The van der Waals surface area contributed by atoms with Crippen LogP contribution in [0.25, 0.3) is 133 Å². The van der Waals surface area contributed by atoms with E-state index in [0.29, 0.717) is 17.5 Å². The fourth-order valence-corrected chi connectivity index (χ4v) is 14.1. The monoisotopic (exact) mass is 995 g/mol. The van der Waals surface area contributed by atoms with Gasteiger partial charge in [-0.05, 0) is 145 Å². The molecule has 4 heterocycles. The van der Waals surface area contributed by atoms with Crippen LogP contribution in [0.3, 0.4) is 0 Å². The van der Waals surface area contributed by atoms with Gasteiger partial charge in [0.25, 0.3) is 0 Å². The smallest absolute Gasteiger partial charge is 0.227 e. The Morgan fingerprint density at radius 2 is 0.974 bits per heavy atom. The van der Waals surface area contributed by atoms with Crippen molar-refractivity contribution in [2.45, 2.75) is 31.1 Å². The van der Waals surface area contributed by atoms with Crippen LogP contribution in [0.5, 0.6) is 0 Å². The lowest BCUT2D eigenvalue weighted by molar-refractivity contribution is 0.587. The summed E-state index contributed by atoms with van der Waals surface area (Å²) < 4.78 is 11.1. The summed E-state index contributed by atoms with van der Waals surface area (Å²) in [6.07, 6.45) is 9.06. The third-order valence-electron chi connectivity index (χ3n) is 17.8. The van der Waals surface area contributed by atoms with Gasteiger partial charge in [0.2, 0.25) is 5.71 Å². The highest BCUT2D eigenvalue weighted by Gasteiger charge is 2.49. The maximum absolute atomic E-state index is 6.40. The van der Waals surface area contributed by atoms with Crippen LogP contribution in [0.15, 0.2) is 259 Å². The van der Waals surface area contributed by atoms with Crippen LogP contribution >= 0.6 is 0 Å². The van der Waals surface area contributed by atoms with Crippen molar-refractivity contribution < 1.29 is 4.42 Å². The second-order valence-electron chi connectivity index (χ2n) is 22.2. The number of fused-ring (bicyclic) bond motifs is 12. The first-order valence-corrected chi connectivity index (χ1v) is 27.2. The Kier molecular flexibility index (Phi) is 8.99. The van der Waals surface area contributed by atoms with E-state index >= 15 is 0 Å². The van der Waals surface area contributed by atoms with Crippen molar-refractivity contribution in [1.82, 2.24) is 14.1 Å². The highest BCUT2D eigenvalue weighted by atomic mass is 16.3. The molecule has 0 saturated carbocycles. The molecule has 0 N–H and O–H groups in total. The van der Waals surface area contributed by atoms with Crippen molar-refractivity contribution in [3.63, 3.8) is 0 Å². The topological polar surface area (TPSA) is 35.9 Å². The summed E-state index contributed by atoms with van der Waals surface area (Å²) in [5.74, 6) is 0.752. The molecule has 3 aliphatic carbocycles. The molecule has 4 nitrogen and oxygen atoms in total. The molecule has 0 aliphatic heterocycles. The molecule has 366 valence electrons. The second-order valence-corrected chi connectivity index (χ2v) is 22.2. The molecule has 2 atom stereocenters. The van der Waals surface area contributed by atoms with Gasteiger partial charge in [0.1, 0.15) is 5.58 Å². The van der Waals surface area contributed by atoms with Crippen LogP contribution in [0.4, 0.5) is 0 Å². The van der Waals surface area contributed by atoms with Gasteiger partial charge in [0.15, 0.2) is 0 Å². The molecule has 0 amide bonds. The van der Waals surface area contributed by atoms with E-state index in [1.807, 2.05) is 6.20 Å².